The summed E-state index contributed by atoms with van der Waals surface area (Å²) in [5.41, 5.74) is 0. The first-order valence-electron chi connectivity index (χ1n) is 6.26. The maximum Gasteiger partial charge on any atom is 0.0478 e. The van der Waals surface area contributed by atoms with Gasteiger partial charge in [0.25, 0.3) is 0 Å². The van der Waals surface area contributed by atoms with Crippen LogP contribution in [0.5, 0.6) is 0 Å². The van der Waals surface area contributed by atoms with Crippen molar-refractivity contribution in [2.24, 2.45) is 0 Å². The maximum atomic E-state index is 5.38. The lowest BCUT2D eigenvalue weighted by Crippen LogP contribution is -2.31. The first-order valence-corrected chi connectivity index (χ1v) is 7.38. The second-order valence-corrected chi connectivity index (χ2v) is 5.01. The lowest BCUT2D eigenvalue weighted by molar-refractivity contribution is 0.128. The quantitative estimate of drug-likeness (QED) is 0.500. The molecule has 1 aliphatic heterocycles. The summed E-state index contributed by atoms with van der Waals surface area (Å²) in [6, 6.07) is 0.851. The van der Waals surface area contributed by atoms with E-state index in [9.17, 15) is 0 Å². The Balaban J connectivity index is 2.09. The largest absolute Gasteiger partial charge is 0.382 e. The van der Waals surface area contributed by atoms with Crippen LogP contribution in [-0.2, 0) is 4.74 Å². The lowest BCUT2D eigenvalue weighted by atomic mass is 10.1. The summed E-state index contributed by atoms with van der Waals surface area (Å²) in [7, 11) is 0. The van der Waals surface area contributed by atoms with Crippen molar-refractivity contribution in [2.75, 3.05) is 31.6 Å². The van der Waals surface area contributed by atoms with E-state index in [4.69, 9.17) is 4.74 Å². The third kappa shape index (κ3) is 5.32. The van der Waals surface area contributed by atoms with Crippen LogP contribution in [0.25, 0.3) is 0 Å². The van der Waals surface area contributed by atoms with Crippen molar-refractivity contribution in [3.05, 3.63) is 0 Å². The molecule has 3 heteroatoms. The van der Waals surface area contributed by atoms with Crippen LogP contribution in [0.4, 0.5) is 0 Å². The topological polar surface area (TPSA) is 12.5 Å². The van der Waals surface area contributed by atoms with E-state index in [1.165, 1.54) is 45.2 Å². The van der Waals surface area contributed by atoms with Crippen LogP contribution in [0.1, 0.15) is 39.0 Å². The number of alkyl halides is 1. The second-order valence-electron chi connectivity index (χ2n) is 4.21. The van der Waals surface area contributed by atoms with Gasteiger partial charge in [-0.15, -0.1) is 0 Å². The molecule has 15 heavy (non-hydrogen) atoms. The predicted octanol–water partition coefficient (Wildman–Crippen LogP) is 3.05. The van der Waals surface area contributed by atoms with Crippen molar-refractivity contribution in [1.29, 1.82) is 0 Å². The molecule has 1 atom stereocenters. The third-order valence-corrected chi connectivity index (χ3v) is 3.67. The van der Waals surface area contributed by atoms with Gasteiger partial charge >= 0.3 is 0 Å². The van der Waals surface area contributed by atoms with Crippen LogP contribution in [0.3, 0.4) is 0 Å². The second kappa shape index (κ2) is 8.54. The van der Waals surface area contributed by atoms with Gasteiger partial charge in [0.15, 0.2) is 0 Å². The van der Waals surface area contributed by atoms with E-state index in [1.54, 1.807) is 0 Å². The summed E-state index contributed by atoms with van der Waals surface area (Å²) >= 11 is 3.51. The smallest absolute Gasteiger partial charge is 0.0478 e. The fourth-order valence-corrected chi connectivity index (χ4v) is 2.67. The van der Waals surface area contributed by atoms with Crippen molar-refractivity contribution < 1.29 is 4.74 Å². The highest BCUT2D eigenvalue weighted by Gasteiger charge is 2.22. The Morgan fingerprint density at radius 1 is 1.40 bits per heavy atom. The highest BCUT2D eigenvalue weighted by molar-refractivity contribution is 9.09. The van der Waals surface area contributed by atoms with Gasteiger partial charge in [0.05, 0.1) is 0 Å². The first-order chi connectivity index (χ1) is 7.38. The molecule has 1 fully saturated rings. The Bertz CT molecular complexity index is 155. The summed E-state index contributed by atoms with van der Waals surface area (Å²) in [4.78, 5) is 2.65. The molecule has 2 nitrogen and oxygen atoms in total. The van der Waals surface area contributed by atoms with Crippen molar-refractivity contribution in [1.82, 2.24) is 4.90 Å². The van der Waals surface area contributed by atoms with Gasteiger partial charge in [-0.3, -0.25) is 0 Å². The van der Waals surface area contributed by atoms with E-state index in [-0.39, 0.29) is 0 Å². The van der Waals surface area contributed by atoms with Gasteiger partial charge in [-0.1, -0.05) is 15.9 Å². The van der Waals surface area contributed by atoms with Crippen molar-refractivity contribution >= 4 is 15.9 Å². The standard InChI is InChI=1S/C12H24BrNO/c1-2-15-11-5-10-14-9-4-7-12(14)6-3-8-13/h12H,2-11H2,1H3. The summed E-state index contributed by atoms with van der Waals surface area (Å²) in [6.07, 6.45) is 6.66. The molecule has 0 aliphatic carbocycles. The van der Waals surface area contributed by atoms with Crippen LogP contribution in [0.15, 0.2) is 0 Å². The molecule has 1 rings (SSSR count). The SMILES string of the molecule is CCOCCCN1CCCC1CCCBr. The molecule has 0 radical (unpaired) electrons. The molecular weight excluding hydrogens is 254 g/mol. The number of likely N-dealkylation sites (tertiary alicyclic amines) is 1. The summed E-state index contributed by atoms with van der Waals surface area (Å²) in [5, 5.41) is 1.15. The van der Waals surface area contributed by atoms with Gasteiger partial charge in [0.2, 0.25) is 0 Å². The number of nitrogens with zero attached hydrogens (tertiary/aromatic N) is 1. The number of hydrogen-bond acceptors (Lipinski definition) is 2. The monoisotopic (exact) mass is 277 g/mol. The number of hydrogen-bond donors (Lipinski definition) is 0. The van der Waals surface area contributed by atoms with Crippen molar-refractivity contribution in [3.8, 4) is 0 Å². The Kier molecular flexibility index (Phi) is 7.67. The van der Waals surface area contributed by atoms with Gasteiger partial charge in [-0.2, -0.15) is 0 Å². The van der Waals surface area contributed by atoms with E-state index < -0.39 is 0 Å². The highest BCUT2D eigenvalue weighted by atomic mass is 79.9. The van der Waals surface area contributed by atoms with Gasteiger partial charge in [0, 0.05) is 31.1 Å². The van der Waals surface area contributed by atoms with E-state index in [1.807, 2.05) is 0 Å². The van der Waals surface area contributed by atoms with Crippen molar-refractivity contribution in [2.45, 2.75) is 45.1 Å². The zero-order valence-corrected chi connectivity index (χ0v) is 11.5. The third-order valence-electron chi connectivity index (χ3n) is 3.11. The molecule has 0 saturated carbocycles. The van der Waals surface area contributed by atoms with Crippen LogP contribution in [-0.4, -0.2) is 42.6 Å². The number of ether oxygens (including phenoxy) is 1. The van der Waals surface area contributed by atoms with E-state index >= 15 is 0 Å². The molecule has 0 aromatic heterocycles. The molecule has 0 aromatic carbocycles. The van der Waals surface area contributed by atoms with E-state index in [0.717, 1.165) is 24.6 Å². The van der Waals surface area contributed by atoms with Gasteiger partial charge in [-0.25, -0.2) is 0 Å². The Labute approximate surface area is 102 Å². The lowest BCUT2D eigenvalue weighted by Gasteiger charge is -2.24. The zero-order chi connectivity index (χ0) is 10.9. The minimum absolute atomic E-state index is 0.851. The molecule has 1 aliphatic rings. The van der Waals surface area contributed by atoms with Gasteiger partial charge in [-0.05, 0) is 45.6 Å². The van der Waals surface area contributed by atoms with E-state index in [0.29, 0.717) is 0 Å². The molecular formula is C12H24BrNO. The summed E-state index contributed by atoms with van der Waals surface area (Å²) in [5.74, 6) is 0. The van der Waals surface area contributed by atoms with Crippen LogP contribution in [0.2, 0.25) is 0 Å². The van der Waals surface area contributed by atoms with Crippen LogP contribution < -0.4 is 0 Å². The fraction of sp³-hybridized carbons (Fsp3) is 1.00. The molecule has 1 unspecified atom stereocenters. The fourth-order valence-electron chi connectivity index (χ4n) is 2.34. The normalized spacial score (nSPS) is 22.4. The summed E-state index contributed by atoms with van der Waals surface area (Å²) in [6.45, 7) is 6.38. The van der Waals surface area contributed by atoms with E-state index in [2.05, 4.69) is 27.8 Å². The van der Waals surface area contributed by atoms with Crippen LogP contribution in [0, 0.1) is 0 Å². The maximum absolute atomic E-state index is 5.38. The molecule has 90 valence electrons. The average Bonchev–Trinajstić information content (AvgIpc) is 2.69. The molecule has 0 aromatic rings. The molecule has 1 saturated heterocycles. The first kappa shape index (κ1) is 13.5. The molecule has 0 amide bonds. The molecule has 0 N–H and O–H groups in total. The number of rotatable bonds is 8. The highest BCUT2D eigenvalue weighted by Crippen LogP contribution is 2.21. The predicted molar refractivity (Wildman–Crippen MR) is 68.7 cm³/mol. The van der Waals surface area contributed by atoms with Gasteiger partial charge < -0.3 is 9.64 Å². The zero-order valence-electron chi connectivity index (χ0n) is 9.88. The van der Waals surface area contributed by atoms with Crippen molar-refractivity contribution in [3.63, 3.8) is 0 Å². The minimum Gasteiger partial charge on any atom is -0.382 e. The Morgan fingerprint density at radius 3 is 3.00 bits per heavy atom. The Morgan fingerprint density at radius 2 is 2.27 bits per heavy atom. The average molecular weight is 278 g/mol. The van der Waals surface area contributed by atoms with Crippen LogP contribution >= 0.6 is 15.9 Å². The number of halogens is 1. The molecule has 1 heterocycles. The minimum atomic E-state index is 0.851. The molecule has 0 bridgehead atoms. The molecule has 0 spiro atoms. The summed E-state index contributed by atoms with van der Waals surface area (Å²) < 4.78 is 5.38. The van der Waals surface area contributed by atoms with Gasteiger partial charge in [0.1, 0.15) is 0 Å². The Hall–Kier alpha value is 0.400.